The van der Waals surface area contributed by atoms with Crippen LogP contribution in [0.25, 0.3) is 22.5 Å². The molecule has 4 heterocycles. The number of carbonyl (C=O) groups excluding carboxylic acids is 1. The number of pyridine rings is 1. The first-order valence-electron chi connectivity index (χ1n) is 10.7. The first-order chi connectivity index (χ1) is 17.3. The normalized spacial score (nSPS) is 11.5. The highest BCUT2D eigenvalue weighted by Gasteiger charge is 2.22. The minimum absolute atomic E-state index is 0.147. The quantitative estimate of drug-likeness (QED) is 0.305. The number of rotatable bonds is 7. The molecule has 5 aromatic rings. The molecular weight excluding hydrogens is 497 g/mol. The van der Waals surface area contributed by atoms with Gasteiger partial charge < -0.3 is 9.73 Å². The summed E-state index contributed by atoms with van der Waals surface area (Å²) in [4.78, 5) is 17.2. The Kier molecular flexibility index (Phi) is 6.23. The van der Waals surface area contributed by atoms with Crippen LogP contribution in [0.1, 0.15) is 23.2 Å². The highest BCUT2D eigenvalue weighted by molar-refractivity contribution is 6.31. The van der Waals surface area contributed by atoms with Gasteiger partial charge in [-0.1, -0.05) is 17.7 Å². The Morgan fingerprint density at radius 3 is 2.81 bits per heavy atom. The van der Waals surface area contributed by atoms with Gasteiger partial charge in [0.05, 0.1) is 35.8 Å². The highest BCUT2D eigenvalue weighted by Crippen LogP contribution is 2.33. The zero-order valence-electron chi connectivity index (χ0n) is 18.8. The van der Waals surface area contributed by atoms with E-state index in [-0.39, 0.29) is 40.4 Å². The molecule has 0 radical (unpaired) electrons. The van der Waals surface area contributed by atoms with Crippen molar-refractivity contribution in [3.63, 3.8) is 0 Å². The lowest BCUT2D eigenvalue weighted by Gasteiger charge is -2.07. The molecule has 4 aromatic heterocycles. The number of aromatic nitrogens is 5. The van der Waals surface area contributed by atoms with Crippen LogP contribution in [0.4, 0.5) is 18.9 Å². The third-order valence-corrected chi connectivity index (χ3v) is 5.83. The number of nitrogens with zero attached hydrogens (tertiary/aromatic N) is 5. The average Bonchev–Trinajstić information content (AvgIpc) is 3.57. The van der Waals surface area contributed by atoms with Crippen molar-refractivity contribution in [2.24, 2.45) is 0 Å². The number of halogens is 4. The second-order valence-corrected chi connectivity index (χ2v) is 8.43. The summed E-state index contributed by atoms with van der Waals surface area (Å²) in [5.74, 6) is -0.574. The minimum Gasteiger partial charge on any atom is -0.463 e. The number of anilines is 1. The topological polar surface area (TPSA) is 90.8 Å². The summed E-state index contributed by atoms with van der Waals surface area (Å²) in [6.45, 7) is 1.59. The molecule has 0 atom stereocenters. The van der Waals surface area contributed by atoms with Crippen LogP contribution in [0.15, 0.2) is 59.5 Å². The molecule has 0 aliphatic rings. The zero-order valence-corrected chi connectivity index (χ0v) is 19.5. The van der Waals surface area contributed by atoms with Gasteiger partial charge in [-0.25, -0.2) is 22.8 Å². The summed E-state index contributed by atoms with van der Waals surface area (Å²) < 4.78 is 49.1. The van der Waals surface area contributed by atoms with Crippen LogP contribution in [0, 0.1) is 12.7 Å². The third kappa shape index (κ3) is 4.69. The van der Waals surface area contributed by atoms with Gasteiger partial charge in [0.2, 0.25) is 5.91 Å². The van der Waals surface area contributed by atoms with Crippen LogP contribution < -0.4 is 5.32 Å². The fraction of sp³-hybridized carbons (Fsp3) is 0.167. The van der Waals surface area contributed by atoms with Gasteiger partial charge in [0.1, 0.15) is 18.1 Å². The highest BCUT2D eigenvalue weighted by atomic mass is 35.5. The summed E-state index contributed by atoms with van der Waals surface area (Å²) in [5.41, 5.74) is 1.51. The molecule has 1 amide bonds. The van der Waals surface area contributed by atoms with E-state index in [2.05, 4.69) is 20.5 Å². The number of benzene rings is 1. The van der Waals surface area contributed by atoms with Gasteiger partial charge in [-0.05, 0) is 42.8 Å². The molecule has 36 heavy (non-hydrogen) atoms. The van der Waals surface area contributed by atoms with Gasteiger partial charge >= 0.3 is 0 Å². The van der Waals surface area contributed by atoms with Crippen LogP contribution in [0.5, 0.6) is 0 Å². The molecular formula is C24H18ClF3N6O2. The van der Waals surface area contributed by atoms with Crippen LogP contribution in [-0.4, -0.2) is 30.5 Å². The lowest BCUT2D eigenvalue weighted by Crippen LogP contribution is -2.19. The van der Waals surface area contributed by atoms with Gasteiger partial charge in [0.15, 0.2) is 11.4 Å². The Hall–Kier alpha value is -4.12. The lowest BCUT2D eigenvalue weighted by atomic mass is 10.1. The van der Waals surface area contributed by atoms with Gasteiger partial charge in [-0.3, -0.25) is 9.48 Å². The van der Waals surface area contributed by atoms with Crippen molar-refractivity contribution in [1.82, 2.24) is 24.5 Å². The number of nitrogens with one attached hydrogen (secondary N) is 1. The molecule has 0 saturated heterocycles. The van der Waals surface area contributed by atoms with Gasteiger partial charge in [-0.15, -0.1) is 0 Å². The first-order valence-corrected chi connectivity index (χ1v) is 11.1. The fourth-order valence-electron chi connectivity index (χ4n) is 3.90. The standard InChI is InChI=1S/C24H18ClF3N6O2/c1-13-22-17(23(27)28)8-19(20-3-2-6-36-20)31-24(22)34(32-13)12-21(35)30-16-9-29-33(11-16)10-14-4-5-15(26)7-18(14)25/h2-9,11,23H,10,12H2,1H3,(H,30,35). The SMILES string of the molecule is Cc1nn(CC(=O)Nc2cnn(Cc3ccc(F)cc3Cl)c2)c2nc(-c3ccco3)cc(C(F)F)c12. The van der Waals surface area contributed by atoms with E-state index in [4.69, 9.17) is 16.0 Å². The minimum atomic E-state index is -2.77. The van der Waals surface area contributed by atoms with Crippen LogP contribution in [0.3, 0.4) is 0 Å². The van der Waals surface area contributed by atoms with Crippen LogP contribution >= 0.6 is 11.6 Å². The van der Waals surface area contributed by atoms with E-state index in [1.54, 1.807) is 31.3 Å². The van der Waals surface area contributed by atoms with E-state index in [0.717, 1.165) is 0 Å². The second-order valence-electron chi connectivity index (χ2n) is 8.03. The van der Waals surface area contributed by atoms with E-state index in [1.807, 2.05) is 0 Å². The van der Waals surface area contributed by atoms with Gasteiger partial charge in [0.25, 0.3) is 6.43 Å². The molecule has 0 spiro atoms. The molecule has 0 saturated carbocycles. The molecule has 1 aromatic carbocycles. The van der Waals surface area contributed by atoms with E-state index in [9.17, 15) is 18.0 Å². The number of aryl methyl sites for hydroxylation is 1. The number of furan rings is 1. The van der Waals surface area contributed by atoms with E-state index < -0.39 is 18.1 Å². The maximum atomic E-state index is 13.9. The Balaban J connectivity index is 1.37. The second kappa shape index (κ2) is 9.50. The number of alkyl halides is 2. The number of hydrogen-bond donors (Lipinski definition) is 1. The summed E-state index contributed by atoms with van der Waals surface area (Å²) in [5, 5.41) is 11.6. The smallest absolute Gasteiger partial charge is 0.264 e. The summed E-state index contributed by atoms with van der Waals surface area (Å²) in [6.07, 6.45) is 1.69. The number of amides is 1. The summed E-state index contributed by atoms with van der Waals surface area (Å²) in [7, 11) is 0. The predicted molar refractivity (Wildman–Crippen MR) is 126 cm³/mol. The third-order valence-electron chi connectivity index (χ3n) is 5.47. The molecule has 0 unspecified atom stereocenters. The van der Waals surface area contributed by atoms with Gasteiger partial charge in [-0.2, -0.15) is 10.2 Å². The molecule has 0 aliphatic heterocycles. The Labute approximate surface area is 207 Å². The first kappa shape index (κ1) is 23.6. The number of hydrogen-bond acceptors (Lipinski definition) is 5. The van der Waals surface area contributed by atoms with E-state index in [0.29, 0.717) is 22.7 Å². The monoisotopic (exact) mass is 514 g/mol. The molecule has 0 aliphatic carbocycles. The maximum absolute atomic E-state index is 13.9. The molecule has 0 fully saturated rings. The largest absolute Gasteiger partial charge is 0.463 e. The van der Waals surface area contributed by atoms with E-state index in [1.165, 1.54) is 40.0 Å². The molecule has 5 rings (SSSR count). The fourth-order valence-corrected chi connectivity index (χ4v) is 4.12. The average molecular weight is 515 g/mol. The van der Waals surface area contributed by atoms with Crippen molar-refractivity contribution < 1.29 is 22.4 Å². The Morgan fingerprint density at radius 1 is 1.25 bits per heavy atom. The van der Waals surface area contributed by atoms with Crippen molar-refractivity contribution in [1.29, 1.82) is 0 Å². The number of fused-ring (bicyclic) bond motifs is 1. The maximum Gasteiger partial charge on any atom is 0.264 e. The van der Waals surface area contributed by atoms with Crippen molar-refractivity contribution in [3.8, 4) is 11.5 Å². The van der Waals surface area contributed by atoms with Crippen molar-refractivity contribution in [3.05, 3.63) is 82.7 Å². The van der Waals surface area contributed by atoms with E-state index >= 15 is 0 Å². The van der Waals surface area contributed by atoms with Crippen molar-refractivity contribution in [2.75, 3.05) is 5.32 Å². The lowest BCUT2D eigenvalue weighted by molar-refractivity contribution is -0.116. The van der Waals surface area contributed by atoms with Crippen LogP contribution in [-0.2, 0) is 17.9 Å². The Bertz CT molecular complexity index is 1560. The summed E-state index contributed by atoms with van der Waals surface area (Å²) in [6, 6.07) is 8.58. The molecule has 0 bridgehead atoms. The number of carbonyl (C=O) groups is 1. The van der Waals surface area contributed by atoms with Gasteiger partial charge in [0, 0.05) is 16.8 Å². The molecule has 8 nitrogen and oxygen atoms in total. The molecule has 184 valence electrons. The Morgan fingerprint density at radius 2 is 2.08 bits per heavy atom. The van der Waals surface area contributed by atoms with Crippen molar-refractivity contribution >= 4 is 34.2 Å². The van der Waals surface area contributed by atoms with Crippen LogP contribution in [0.2, 0.25) is 5.02 Å². The van der Waals surface area contributed by atoms with Crippen molar-refractivity contribution in [2.45, 2.75) is 26.4 Å². The molecule has 12 heteroatoms. The predicted octanol–water partition coefficient (Wildman–Crippen LogP) is 5.61. The molecule has 1 N–H and O–H groups in total. The summed E-state index contributed by atoms with van der Waals surface area (Å²) >= 11 is 6.07. The zero-order chi connectivity index (χ0) is 25.4.